The van der Waals surface area contributed by atoms with Crippen LogP contribution in [-0.2, 0) is 14.0 Å². The Morgan fingerprint density at radius 1 is 1.26 bits per heavy atom. The molecule has 1 aliphatic heterocycles. The van der Waals surface area contributed by atoms with Gasteiger partial charge in [0.15, 0.2) is 23.2 Å². The first kappa shape index (κ1) is 22.8. The van der Waals surface area contributed by atoms with Gasteiger partial charge in [0, 0.05) is 6.04 Å². The van der Waals surface area contributed by atoms with Gasteiger partial charge in [-0.1, -0.05) is 0 Å². The fraction of sp³-hybridized carbons (Fsp3) is 0.688. The average molecular weight is 480 g/mol. The summed E-state index contributed by atoms with van der Waals surface area (Å²) in [5, 5.41) is 33.6. The first-order valence-corrected chi connectivity index (χ1v) is 11.8. The molecule has 1 aliphatic carbocycles. The summed E-state index contributed by atoms with van der Waals surface area (Å²) in [7, 11) is -4.37. The van der Waals surface area contributed by atoms with E-state index in [9.17, 15) is 19.9 Å². The highest BCUT2D eigenvalue weighted by atomic mass is 35.5. The number of rotatable bonds is 7. The van der Waals surface area contributed by atoms with Gasteiger partial charge in [-0.3, -0.25) is 9.13 Å². The number of hydrogen-bond acceptors (Lipinski definition) is 10. The van der Waals surface area contributed by atoms with Gasteiger partial charge in [0.1, 0.15) is 24.7 Å². The van der Waals surface area contributed by atoms with Crippen molar-refractivity contribution in [3.63, 3.8) is 0 Å². The Hall–Kier alpha value is -1.41. The van der Waals surface area contributed by atoms with Gasteiger partial charge in [0.05, 0.1) is 19.0 Å². The van der Waals surface area contributed by atoms with Gasteiger partial charge < -0.3 is 39.9 Å². The number of fused-ring (bicyclic) bond motifs is 1. The lowest BCUT2D eigenvalue weighted by atomic mass is 10.1. The van der Waals surface area contributed by atoms with Crippen LogP contribution < -0.4 is 5.32 Å². The molecule has 6 N–H and O–H groups in total. The highest BCUT2D eigenvalue weighted by molar-refractivity contribution is 7.51. The monoisotopic (exact) mass is 479 g/mol. The maximum atomic E-state index is 10.9. The molecule has 1 saturated carbocycles. The van der Waals surface area contributed by atoms with E-state index in [2.05, 4.69) is 20.3 Å². The van der Waals surface area contributed by atoms with Crippen LogP contribution in [0.15, 0.2) is 6.33 Å². The summed E-state index contributed by atoms with van der Waals surface area (Å²) < 4.78 is 22.9. The maximum absolute atomic E-state index is 10.9. The molecule has 4 rings (SSSR count). The second-order valence-electron chi connectivity index (χ2n) is 7.68. The van der Waals surface area contributed by atoms with Gasteiger partial charge in [-0.2, -0.15) is 9.97 Å². The summed E-state index contributed by atoms with van der Waals surface area (Å²) in [4.78, 5) is 30.4. The van der Waals surface area contributed by atoms with Crippen molar-refractivity contribution < 1.29 is 39.1 Å². The Bertz CT molecular complexity index is 988. The molecule has 0 amide bonds. The zero-order valence-corrected chi connectivity index (χ0v) is 17.8. The largest absolute Gasteiger partial charge is 0.393 e. The van der Waals surface area contributed by atoms with Crippen LogP contribution in [0.4, 0.5) is 5.82 Å². The molecule has 2 aromatic heterocycles. The van der Waals surface area contributed by atoms with Gasteiger partial charge in [0.25, 0.3) is 0 Å². The third-order valence-electron chi connectivity index (χ3n) is 5.29. The number of aliphatic hydroxyl groups excluding tert-OH is 3. The molecule has 15 heteroatoms. The van der Waals surface area contributed by atoms with Crippen LogP contribution in [0, 0.1) is 0 Å². The summed E-state index contributed by atoms with van der Waals surface area (Å²) >= 11 is 6.08. The number of nitrogens with one attached hydrogen (secondary N) is 1. The number of imidazole rings is 1. The molecule has 172 valence electrons. The quantitative estimate of drug-likeness (QED) is 0.222. The normalized spacial score (nSPS) is 31.5. The molecule has 2 aliphatic rings. The SMILES string of the molecule is O=P(O)(O)COC[C@H]1OC(n2cnc3c(NC4CCC(O)C4)nc(Cl)nc32)[C@H](O)[C@@H]1O. The molecule has 0 bridgehead atoms. The topological polar surface area (TPSA) is 192 Å². The number of nitrogens with zero attached hydrogens (tertiary/aromatic N) is 4. The highest BCUT2D eigenvalue weighted by Gasteiger charge is 2.44. The van der Waals surface area contributed by atoms with Crippen LogP contribution >= 0.6 is 19.2 Å². The van der Waals surface area contributed by atoms with Crippen molar-refractivity contribution in [1.82, 2.24) is 19.5 Å². The smallest absolute Gasteiger partial charge is 0.350 e. The Morgan fingerprint density at radius 3 is 2.71 bits per heavy atom. The standard InChI is InChI=1S/C16H23ClN5O8P/c17-16-20-13(19-7-1-2-8(23)3-7)10-14(21-16)22(5-18-10)15-12(25)11(24)9(30-15)4-29-6-31(26,27)28/h5,7-9,11-12,15,23-25H,1-4,6H2,(H,19,20,21)(H2,26,27,28)/t7?,8?,9-,11-,12-,15?/m1/s1. The predicted molar refractivity (Wildman–Crippen MR) is 106 cm³/mol. The molecule has 13 nitrogen and oxygen atoms in total. The van der Waals surface area contributed by atoms with E-state index in [-0.39, 0.29) is 29.7 Å². The Balaban J connectivity index is 1.54. The van der Waals surface area contributed by atoms with Crippen LogP contribution in [0.2, 0.25) is 5.28 Å². The maximum Gasteiger partial charge on any atom is 0.350 e. The summed E-state index contributed by atoms with van der Waals surface area (Å²) in [5.41, 5.74) is 0.631. The minimum Gasteiger partial charge on any atom is -0.393 e. The van der Waals surface area contributed by atoms with E-state index < -0.39 is 38.5 Å². The van der Waals surface area contributed by atoms with Crippen LogP contribution in [0.25, 0.3) is 11.2 Å². The van der Waals surface area contributed by atoms with Crippen LogP contribution in [0.1, 0.15) is 25.5 Å². The molecule has 0 spiro atoms. The third-order valence-corrected chi connectivity index (χ3v) is 5.98. The molecule has 6 atom stereocenters. The van der Waals surface area contributed by atoms with E-state index in [0.29, 0.717) is 24.2 Å². The van der Waals surface area contributed by atoms with Crippen LogP contribution in [-0.4, -0.2) is 88.0 Å². The molecule has 3 unspecified atom stereocenters. The fourth-order valence-corrected chi connectivity index (χ4v) is 4.35. The molecular formula is C16H23ClN5O8P. The molecule has 2 aromatic rings. The zero-order valence-electron chi connectivity index (χ0n) is 16.2. The first-order chi connectivity index (χ1) is 14.6. The number of halogens is 1. The van der Waals surface area contributed by atoms with E-state index in [4.69, 9.17) is 30.9 Å². The second kappa shape index (κ2) is 8.85. The number of hydrogen-bond donors (Lipinski definition) is 6. The van der Waals surface area contributed by atoms with E-state index in [1.807, 2.05) is 0 Å². The number of aromatic nitrogens is 4. The lowest BCUT2D eigenvalue weighted by Gasteiger charge is -2.17. The first-order valence-electron chi connectivity index (χ1n) is 9.61. The van der Waals surface area contributed by atoms with Crippen molar-refractivity contribution in [3.05, 3.63) is 11.6 Å². The molecule has 0 aromatic carbocycles. The van der Waals surface area contributed by atoms with Crippen molar-refractivity contribution in [2.24, 2.45) is 0 Å². The molecule has 2 fully saturated rings. The van der Waals surface area contributed by atoms with E-state index in [0.717, 1.165) is 6.42 Å². The van der Waals surface area contributed by atoms with Gasteiger partial charge in [0.2, 0.25) is 5.28 Å². The summed E-state index contributed by atoms with van der Waals surface area (Å²) in [6, 6.07) is 0.0000119. The molecule has 0 radical (unpaired) electrons. The van der Waals surface area contributed by atoms with Crippen molar-refractivity contribution in [3.8, 4) is 0 Å². The second-order valence-corrected chi connectivity index (χ2v) is 9.61. The van der Waals surface area contributed by atoms with Gasteiger partial charge in [-0.25, -0.2) is 4.98 Å². The number of ether oxygens (including phenoxy) is 2. The lowest BCUT2D eigenvalue weighted by molar-refractivity contribution is -0.0612. The van der Waals surface area contributed by atoms with Crippen molar-refractivity contribution in [2.45, 2.75) is 55.9 Å². The van der Waals surface area contributed by atoms with E-state index >= 15 is 0 Å². The predicted octanol–water partition coefficient (Wildman–Crippen LogP) is -0.424. The third kappa shape index (κ3) is 5.00. The van der Waals surface area contributed by atoms with Crippen molar-refractivity contribution >= 4 is 36.2 Å². The Kier molecular flexibility index (Phi) is 6.50. The average Bonchev–Trinajstić information content (AvgIpc) is 3.35. The van der Waals surface area contributed by atoms with E-state index in [1.165, 1.54) is 10.9 Å². The summed E-state index contributed by atoms with van der Waals surface area (Å²) in [6.07, 6.45) is -2.70. The summed E-state index contributed by atoms with van der Waals surface area (Å²) in [6.45, 7) is -0.334. The van der Waals surface area contributed by atoms with Crippen molar-refractivity contribution in [1.29, 1.82) is 0 Å². The number of aliphatic hydroxyl groups is 3. The summed E-state index contributed by atoms with van der Waals surface area (Å²) in [5.74, 6) is 0.377. The van der Waals surface area contributed by atoms with Crippen LogP contribution in [0.5, 0.6) is 0 Å². The lowest BCUT2D eigenvalue weighted by Crippen LogP contribution is -2.33. The molecule has 31 heavy (non-hydrogen) atoms. The Morgan fingerprint density at radius 2 is 2.03 bits per heavy atom. The minimum absolute atomic E-state index is 0.0000119. The zero-order chi connectivity index (χ0) is 22.3. The Labute approximate surface area is 181 Å². The minimum atomic E-state index is -4.37. The van der Waals surface area contributed by atoms with Gasteiger partial charge >= 0.3 is 7.60 Å². The fourth-order valence-electron chi connectivity index (χ4n) is 3.84. The molecular weight excluding hydrogens is 457 g/mol. The van der Waals surface area contributed by atoms with E-state index in [1.54, 1.807) is 0 Å². The van der Waals surface area contributed by atoms with Gasteiger partial charge in [-0.15, -0.1) is 0 Å². The molecule has 3 heterocycles. The highest BCUT2D eigenvalue weighted by Crippen LogP contribution is 2.36. The van der Waals surface area contributed by atoms with Crippen molar-refractivity contribution in [2.75, 3.05) is 18.3 Å². The molecule has 1 saturated heterocycles. The van der Waals surface area contributed by atoms with Gasteiger partial charge in [-0.05, 0) is 30.9 Å². The van der Waals surface area contributed by atoms with Crippen LogP contribution in [0.3, 0.4) is 0 Å². The number of anilines is 1.